The van der Waals surface area contributed by atoms with Crippen molar-refractivity contribution in [3.63, 3.8) is 0 Å². The van der Waals surface area contributed by atoms with E-state index in [1.165, 1.54) is 0 Å². The van der Waals surface area contributed by atoms with Gasteiger partial charge in [0.05, 0.1) is 12.5 Å². The summed E-state index contributed by atoms with van der Waals surface area (Å²) < 4.78 is 9.76. The van der Waals surface area contributed by atoms with Crippen molar-refractivity contribution in [3.8, 4) is 0 Å². The van der Waals surface area contributed by atoms with Gasteiger partial charge in [-0.3, -0.25) is 4.79 Å². The zero-order valence-electron chi connectivity index (χ0n) is 7.00. The molecule has 64 valence electrons. The minimum atomic E-state index is -0.0606. The molecule has 1 rings (SSSR count). The first-order valence-electron chi connectivity index (χ1n) is 3.95. The fourth-order valence-electron chi connectivity index (χ4n) is 1.18. The van der Waals surface area contributed by atoms with Crippen molar-refractivity contribution < 1.29 is 14.3 Å². The highest BCUT2D eigenvalue weighted by atomic mass is 16.5. The van der Waals surface area contributed by atoms with Gasteiger partial charge in [0.2, 0.25) is 0 Å². The Labute approximate surface area is 66.7 Å². The number of carbonyl (C=O) groups excluding carboxylic acids is 1. The minimum absolute atomic E-state index is 0.0606. The molecule has 1 aliphatic carbocycles. The van der Waals surface area contributed by atoms with Crippen molar-refractivity contribution >= 4 is 5.97 Å². The molecule has 0 aromatic heterocycles. The number of carbonyl (C=O) groups is 1. The van der Waals surface area contributed by atoms with Gasteiger partial charge in [0.25, 0.3) is 0 Å². The van der Waals surface area contributed by atoms with Crippen LogP contribution in [-0.4, -0.2) is 26.3 Å². The van der Waals surface area contributed by atoms with Crippen molar-refractivity contribution in [2.45, 2.75) is 13.3 Å². The normalized spacial score (nSPS) is 28.2. The molecule has 0 radical (unpaired) electrons. The van der Waals surface area contributed by atoms with Crippen LogP contribution < -0.4 is 0 Å². The predicted molar refractivity (Wildman–Crippen MR) is 40.1 cm³/mol. The Morgan fingerprint density at radius 1 is 1.64 bits per heavy atom. The highest BCUT2D eigenvalue weighted by Crippen LogP contribution is 2.39. The number of esters is 1. The molecular weight excluding hydrogens is 144 g/mol. The standard InChI is InChI=1S/C8H14O3/c1-3-11-8(9)7-4-6(7)5-10-2/h6-7H,3-5H2,1-2H3. The Balaban J connectivity index is 2.15. The van der Waals surface area contributed by atoms with Gasteiger partial charge in [0, 0.05) is 13.7 Å². The van der Waals surface area contributed by atoms with Gasteiger partial charge < -0.3 is 9.47 Å². The lowest BCUT2D eigenvalue weighted by atomic mass is 10.3. The summed E-state index contributed by atoms with van der Waals surface area (Å²) in [6, 6.07) is 0. The van der Waals surface area contributed by atoms with E-state index in [0.29, 0.717) is 19.1 Å². The van der Waals surface area contributed by atoms with Crippen LogP contribution in [0.1, 0.15) is 13.3 Å². The van der Waals surface area contributed by atoms with Gasteiger partial charge in [-0.1, -0.05) is 0 Å². The molecular formula is C8H14O3. The molecule has 0 aliphatic heterocycles. The van der Waals surface area contributed by atoms with Gasteiger partial charge in [-0.05, 0) is 19.3 Å². The average Bonchev–Trinajstić information content (AvgIpc) is 2.69. The van der Waals surface area contributed by atoms with Gasteiger partial charge >= 0.3 is 5.97 Å². The van der Waals surface area contributed by atoms with Crippen molar-refractivity contribution in [3.05, 3.63) is 0 Å². The van der Waals surface area contributed by atoms with Crippen molar-refractivity contribution in [2.24, 2.45) is 11.8 Å². The van der Waals surface area contributed by atoms with E-state index < -0.39 is 0 Å². The lowest BCUT2D eigenvalue weighted by Gasteiger charge is -1.99. The van der Waals surface area contributed by atoms with Crippen LogP contribution in [0.3, 0.4) is 0 Å². The fourth-order valence-corrected chi connectivity index (χ4v) is 1.18. The summed E-state index contributed by atoms with van der Waals surface area (Å²) in [6.45, 7) is 2.99. The summed E-state index contributed by atoms with van der Waals surface area (Å²) in [5.41, 5.74) is 0. The maximum Gasteiger partial charge on any atom is 0.309 e. The molecule has 0 spiro atoms. The largest absolute Gasteiger partial charge is 0.466 e. The van der Waals surface area contributed by atoms with Crippen LogP contribution in [0.5, 0.6) is 0 Å². The summed E-state index contributed by atoms with van der Waals surface area (Å²) in [7, 11) is 1.65. The van der Waals surface area contributed by atoms with E-state index in [1.54, 1.807) is 7.11 Å². The van der Waals surface area contributed by atoms with E-state index in [0.717, 1.165) is 6.42 Å². The monoisotopic (exact) mass is 158 g/mol. The smallest absolute Gasteiger partial charge is 0.309 e. The van der Waals surface area contributed by atoms with Crippen LogP contribution >= 0.6 is 0 Å². The number of methoxy groups -OCH3 is 1. The second-order valence-electron chi connectivity index (χ2n) is 2.81. The molecule has 0 bridgehead atoms. The van der Waals surface area contributed by atoms with E-state index in [-0.39, 0.29) is 11.9 Å². The molecule has 11 heavy (non-hydrogen) atoms. The lowest BCUT2D eigenvalue weighted by molar-refractivity contribution is -0.145. The molecule has 3 heteroatoms. The predicted octanol–water partition coefficient (Wildman–Crippen LogP) is 0.832. The average molecular weight is 158 g/mol. The van der Waals surface area contributed by atoms with E-state index >= 15 is 0 Å². The maximum atomic E-state index is 11.0. The molecule has 0 aromatic carbocycles. The third-order valence-electron chi connectivity index (χ3n) is 1.89. The van der Waals surface area contributed by atoms with E-state index in [9.17, 15) is 4.79 Å². The number of ether oxygens (including phenoxy) is 2. The fraction of sp³-hybridized carbons (Fsp3) is 0.875. The van der Waals surface area contributed by atoms with Crippen molar-refractivity contribution in [1.82, 2.24) is 0 Å². The summed E-state index contributed by atoms with van der Waals surface area (Å²) in [5, 5.41) is 0. The Hall–Kier alpha value is -0.570. The Kier molecular flexibility index (Phi) is 2.88. The van der Waals surface area contributed by atoms with Gasteiger partial charge in [0.1, 0.15) is 0 Å². The van der Waals surface area contributed by atoms with Crippen LogP contribution in [0.15, 0.2) is 0 Å². The first-order chi connectivity index (χ1) is 5.29. The summed E-state index contributed by atoms with van der Waals surface area (Å²) >= 11 is 0. The van der Waals surface area contributed by atoms with Crippen LogP contribution in [0.25, 0.3) is 0 Å². The quantitative estimate of drug-likeness (QED) is 0.568. The third-order valence-corrected chi connectivity index (χ3v) is 1.89. The molecule has 3 nitrogen and oxygen atoms in total. The van der Waals surface area contributed by atoms with Crippen molar-refractivity contribution in [2.75, 3.05) is 20.3 Å². The molecule has 2 atom stereocenters. The van der Waals surface area contributed by atoms with Gasteiger partial charge in [-0.15, -0.1) is 0 Å². The third kappa shape index (κ3) is 2.19. The molecule has 0 heterocycles. The maximum absolute atomic E-state index is 11.0. The Bertz CT molecular complexity index is 144. The Morgan fingerprint density at radius 2 is 2.36 bits per heavy atom. The molecule has 0 saturated heterocycles. The van der Waals surface area contributed by atoms with Crippen LogP contribution in [0.2, 0.25) is 0 Å². The van der Waals surface area contributed by atoms with Crippen LogP contribution in [0.4, 0.5) is 0 Å². The SMILES string of the molecule is CCOC(=O)C1CC1COC. The van der Waals surface area contributed by atoms with E-state index in [1.807, 2.05) is 6.92 Å². The second kappa shape index (κ2) is 3.72. The van der Waals surface area contributed by atoms with E-state index in [4.69, 9.17) is 9.47 Å². The number of hydrogen-bond acceptors (Lipinski definition) is 3. The Morgan fingerprint density at radius 3 is 2.91 bits per heavy atom. The molecule has 0 aromatic rings. The zero-order chi connectivity index (χ0) is 8.27. The number of hydrogen-bond donors (Lipinski definition) is 0. The number of rotatable bonds is 4. The highest BCUT2D eigenvalue weighted by Gasteiger charge is 2.43. The molecule has 2 unspecified atom stereocenters. The molecule has 0 N–H and O–H groups in total. The first kappa shape index (κ1) is 8.53. The van der Waals surface area contributed by atoms with Gasteiger partial charge in [-0.25, -0.2) is 0 Å². The molecule has 0 amide bonds. The summed E-state index contributed by atoms with van der Waals surface area (Å²) in [5.74, 6) is 0.475. The zero-order valence-corrected chi connectivity index (χ0v) is 7.00. The van der Waals surface area contributed by atoms with Crippen LogP contribution in [0, 0.1) is 11.8 Å². The summed E-state index contributed by atoms with van der Waals surface area (Å²) in [6.07, 6.45) is 0.937. The first-order valence-corrected chi connectivity index (χ1v) is 3.95. The lowest BCUT2D eigenvalue weighted by Crippen LogP contribution is -2.09. The van der Waals surface area contributed by atoms with E-state index in [2.05, 4.69) is 0 Å². The topological polar surface area (TPSA) is 35.5 Å². The van der Waals surface area contributed by atoms with Crippen molar-refractivity contribution in [1.29, 1.82) is 0 Å². The van der Waals surface area contributed by atoms with Gasteiger partial charge in [-0.2, -0.15) is 0 Å². The van der Waals surface area contributed by atoms with Gasteiger partial charge in [0.15, 0.2) is 0 Å². The highest BCUT2D eigenvalue weighted by molar-refractivity contribution is 5.75. The molecule has 1 aliphatic rings. The molecule has 1 fully saturated rings. The molecule has 1 saturated carbocycles. The van der Waals surface area contributed by atoms with Crippen LogP contribution in [-0.2, 0) is 14.3 Å². The summed E-state index contributed by atoms with van der Waals surface area (Å²) in [4.78, 5) is 11.0. The second-order valence-corrected chi connectivity index (χ2v) is 2.81. The minimum Gasteiger partial charge on any atom is -0.466 e.